The zero-order valence-corrected chi connectivity index (χ0v) is 15.2. The normalized spacial score (nSPS) is 10.7. The molecular weight excluding hydrogens is 342 g/mol. The summed E-state index contributed by atoms with van der Waals surface area (Å²) in [6.45, 7) is 9.95. The molecule has 0 radical (unpaired) electrons. The number of fused-ring (bicyclic) bond motifs is 1. The van der Waals surface area contributed by atoms with Crippen LogP contribution < -0.4 is 10.9 Å². The van der Waals surface area contributed by atoms with E-state index in [0.29, 0.717) is 35.9 Å². The first kappa shape index (κ1) is 18.3. The Kier molecular flexibility index (Phi) is 5.30. The Bertz CT molecular complexity index is 1060. The highest BCUT2D eigenvalue weighted by Crippen LogP contribution is 2.17. The van der Waals surface area contributed by atoms with E-state index in [0.717, 1.165) is 5.56 Å². The molecule has 138 valence electrons. The molecule has 0 aliphatic carbocycles. The molecule has 0 aliphatic heterocycles. The van der Waals surface area contributed by atoms with Gasteiger partial charge in [0.15, 0.2) is 5.82 Å². The van der Waals surface area contributed by atoms with Crippen LogP contribution in [-0.4, -0.2) is 31.6 Å². The molecular formula is C20H21N5O2. The molecule has 27 heavy (non-hydrogen) atoms. The van der Waals surface area contributed by atoms with Gasteiger partial charge in [-0.3, -0.25) is 9.59 Å². The van der Waals surface area contributed by atoms with E-state index in [1.165, 1.54) is 4.52 Å². The first-order chi connectivity index (χ1) is 13.1. The van der Waals surface area contributed by atoms with Gasteiger partial charge in [-0.15, -0.1) is 18.3 Å². The Morgan fingerprint density at radius 3 is 2.63 bits per heavy atom. The molecule has 2 aromatic heterocycles. The Morgan fingerprint density at radius 2 is 1.96 bits per heavy atom. The minimum absolute atomic E-state index is 0.0356. The van der Waals surface area contributed by atoms with Gasteiger partial charge in [-0.25, -0.2) is 0 Å². The van der Waals surface area contributed by atoms with Crippen molar-refractivity contribution in [3.8, 4) is 11.4 Å². The van der Waals surface area contributed by atoms with Crippen molar-refractivity contribution in [1.29, 1.82) is 0 Å². The lowest BCUT2D eigenvalue weighted by molar-refractivity contribution is -0.120. The van der Waals surface area contributed by atoms with Gasteiger partial charge in [-0.05, 0) is 6.92 Å². The number of rotatable bonds is 7. The molecule has 0 fully saturated rings. The second-order valence-corrected chi connectivity index (χ2v) is 6.05. The summed E-state index contributed by atoms with van der Waals surface area (Å²) in [6, 6.07) is 9.44. The van der Waals surface area contributed by atoms with Crippen molar-refractivity contribution in [2.75, 3.05) is 6.54 Å². The maximum Gasteiger partial charge on any atom is 0.279 e. The van der Waals surface area contributed by atoms with Crippen molar-refractivity contribution in [3.05, 3.63) is 77.3 Å². The Labute approximate surface area is 156 Å². The van der Waals surface area contributed by atoms with Gasteiger partial charge in [-0.2, -0.15) is 9.50 Å². The van der Waals surface area contributed by atoms with Crippen LogP contribution >= 0.6 is 0 Å². The van der Waals surface area contributed by atoms with Crippen molar-refractivity contribution in [3.63, 3.8) is 0 Å². The molecule has 0 spiro atoms. The number of nitrogens with one attached hydrogen (secondary N) is 1. The van der Waals surface area contributed by atoms with E-state index < -0.39 is 0 Å². The van der Waals surface area contributed by atoms with Crippen molar-refractivity contribution >= 4 is 11.7 Å². The lowest BCUT2D eigenvalue weighted by Gasteiger charge is -2.13. The predicted octanol–water partition coefficient (Wildman–Crippen LogP) is 1.90. The van der Waals surface area contributed by atoms with Gasteiger partial charge in [-0.1, -0.05) is 42.5 Å². The number of amides is 1. The van der Waals surface area contributed by atoms with Crippen LogP contribution in [0, 0.1) is 6.92 Å². The van der Waals surface area contributed by atoms with Crippen LogP contribution in [0.25, 0.3) is 17.2 Å². The summed E-state index contributed by atoms with van der Waals surface area (Å²) < 4.78 is 3.10. The quantitative estimate of drug-likeness (QED) is 0.650. The van der Waals surface area contributed by atoms with Crippen LogP contribution in [-0.2, 0) is 17.8 Å². The highest BCUT2D eigenvalue weighted by Gasteiger charge is 2.19. The van der Waals surface area contributed by atoms with Gasteiger partial charge >= 0.3 is 0 Å². The van der Waals surface area contributed by atoms with Gasteiger partial charge in [0.1, 0.15) is 0 Å². The Morgan fingerprint density at radius 1 is 1.22 bits per heavy atom. The molecule has 0 saturated heterocycles. The third-order valence-electron chi connectivity index (χ3n) is 4.25. The fourth-order valence-corrected chi connectivity index (χ4v) is 2.88. The van der Waals surface area contributed by atoms with Crippen molar-refractivity contribution in [1.82, 2.24) is 24.5 Å². The second kappa shape index (κ2) is 7.82. The molecule has 0 unspecified atom stereocenters. The summed E-state index contributed by atoms with van der Waals surface area (Å²) in [7, 11) is 0. The van der Waals surface area contributed by atoms with Gasteiger partial charge in [0.2, 0.25) is 11.7 Å². The summed E-state index contributed by atoms with van der Waals surface area (Å²) in [5.41, 5.74) is 1.53. The van der Waals surface area contributed by atoms with E-state index in [4.69, 9.17) is 0 Å². The molecule has 2 heterocycles. The van der Waals surface area contributed by atoms with Gasteiger partial charge < -0.3 is 9.88 Å². The van der Waals surface area contributed by atoms with Crippen LogP contribution in [0.4, 0.5) is 0 Å². The zero-order valence-electron chi connectivity index (χ0n) is 15.2. The van der Waals surface area contributed by atoms with E-state index in [1.54, 1.807) is 19.1 Å². The fourth-order valence-electron chi connectivity index (χ4n) is 2.88. The fraction of sp³-hybridized carbons (Fsp3) is 0.200. The largest absolute Gasteiger partial charge is 0.352 e. The first-order valence-electron chi connectivity index (χ1n) is 8.59. The number of carbonyl (C=O) groups is 1. The zero-order chi connectivity index (χ0) is 19.4. The average Bonchev–Trinajstić information content (AvgIpc) is 3.13. The standard InChI is InChI=1S/C20H21N5O2/c1-4-11-21-17(26)13-16-14(3)24(12-5-2)20-22-18(23-25(20)19(16)27)15-9-7-6-8-10-15/h4-10H,1-2,11-13H2,3H3,(H,21,26). The average molecular weight is 363 g/mol. The molecule has 7 heteroatoms. The van der Waals surface area contributed by atoms with E-state index in [2.05, 4.69) is 28.6 Å². The maximum atomic E-state index is 13.0. The summed E-state index contributed by atoms with van der Waals surface area (Å²) in [4.78, 5) is 29.7. The smallest absolute Gasteiger partial charge is 0.279 e. The number of carbonyl (C=O) groups excluding carboxylic acids is 1. The number of hydrogen-bond donors (Lipinski definition) is 1. The van der Waals surface area contributed by atoms with Gasteiger partial charge in [0.05, 0.1) is 6.42 Å². The van der Waals surface area contributed by atoms with Crippen LogP contribution in [0.2, 0.25) is 0 Å². The topological polar surface area (TPSA) is 81.3 Å². The third kappa shape index (κ3) is 3.57. The lowest BCUT2D eigenvalue weighted by Crippen LogP contribution is -2.32. The second-order valence-electron chi connectivity index (χ2n) is 6.05. The van der Waals surface area contributed by atoms with E-state index in [-0.39, 0.29) is 17.9 Å². The molecule has 7 nitrogen and oxygen atoms in total. The molecule has 0 bridgehead atoms. The van der Waals surface area contributed by atoms with E-state index in [1.807, 2.05) is 34.9 Å². The molecule has 3 aromatic rings. The molecule has 0 aliphatic rings. The predicted molar refractivity (Wildman–Crippen MR) is 105 cm³/mol. The maximum absolute atomic E-state index is 13.0. The van der Waals surface area contributed by atoms with E-state index in [9.17, 15) is 9.59 Å². The Hall–Kier alpha value is -3.48. The molecule has 0 saturated carbocycles. The summed E-state index contributed by atoms with van der Waals surface area (Å²) in [6.07, 6.45) is 3.27. The summed E-state index contributed by atoms with van der Waals surface area (Å²) >= 11 is 0. The van der Waals surface area contributed by atoms with Crippen molar-refractivity contribution < 1.29 is 4.79 Å². The van der Waals surface area contributed by atoms with Gasteiger partial charge in [0, 0.05) is 29.9 Å². The number of nitrogens with zero attached hydrogens (tertiary/aromatic N) is 4. The number of allylic oxidation sites excluding steroid dienone is 1. The number of aromatic nitrogens is 4. The molecule has 0 atom stereocenters. The van der Waals surface area contributed by atoms with Crippen LogP contribution in [0.3, 0.4) is 0 Å². The van der Waals surface area contributed by atoms with Crippen LogP contribution in [0.1, 0.15) is 11.3 Å². The van der Waals surface area contributed by atoms with Crippen molar-refractivity contribution in [2.24, 2.45) is 0 Å². The summed E-state index contributed by atoms with van der Waals surface area (Å²) in [5, 5.41) is 7.08. The van der Waals surface area contributed by atoms with Crippen molar-refractivity contribution in [2.45, 2.75) is 19.9 Å². The third-order valence-corrected chi connectivity index (χ3v) is 4.25. The summed E-state index contributed by atoms with van der Waals surface area (Å²) in [5.74, 6) is 0.632. The van der Waals surface area contributed by atoms with Crippen LogP contribution in [0.15, 0.2) is 60.4 Å². The molecule has 1 aromatic carbocycles. The minimum atomic E-state index is -0.341. The SMILES string of the molecule is C=CCNC(=O)Cc1c(C)n(CC=C)c2nc(-c3ccccc3)nn2c1=O. The highest BCUT2D eigenvalue weighted by atomic mass is 16.2. The Balaban J connectivity index is 2.17. The molecule has 3 rings (SSSR count). The molecule has 1 N–H and O–H groups in total. The number of benzene rings is 1. The highest BCUT2D eigenvalue weighted by molar-refractivity contribution is 5.79. The monoisotopic (exact) mass is 363 g/mol. The minimum Gasteiger partial charge on any atom is -0.352 e. The van der Waals surface area contributed by atoms with Crippen LogP contribution in [0.5, 0.6) is 0 Å². The lowest BCUT2D eigenvalue weighted by atomic mass is 10.1. The first-order valence-corrected chi connectivity index (χ1v) is 8.59. The number of hydrogen-bond acceptors (Lipinski definition) is 4. The van der Waals surface area contributed by atoms with Gasteiger partial charge in [0.25, 0.3) is 5.56 Å². The van der Waals surface area contributed by atoms with E-state index >= 15 is 0 Å². The molecule has 1 amide bonds.